The second-order valence-electron chi connectivity index (χ2n) is 8.89. The minimum atomic E-state index is -1.20. The first-order valence-electron chi connectivity index (χ1n) is 11.3. The van der Waals surface area contributed by atoms with E-state index in [0.717, 1.165) is 27.6 Å². The van der Waals surface area contributed by atoms with Gasteiger partial charge in [-0.25, -0.2) is 9.78 Å². The Labute approximate surface area is 211 Å². The number of hydrogen-bond acceptors (Lipinski definition) is 6. The quantitative estimate of drug-likeness (QED) is 0.288. The first-order chi connectivity index (χ1) is 17.1. The summed E-state index contributed by atoms with van der Waals surface area (Å²) in [7, 11) is 1.86. The van der Waals surface area contributed by atoms with Crippen LogP contribution < -0.4 is 10.7 Å². The van der Waals surface area contributed by atoms with Gasteiger partial charge < -0.3 is 14.8 Å². The third-order valence-electron chi connectivity index (χ3n) is 6.18. The summed E-state index contributed by atoms with van der Waals surface area (Å²) >= 11 is 5.90. The first-order valence-corrected chi connectivity index (χ1v) is 11.7. The molecule has 0 aliphatic rings. The number of carbonyl (C=O) groups is 1. The molecule has 0 aliphatic heterocycles. The van der Waals surface area contributed by atoms with Crippen molar-refractivity contribution in [1.29, 1.82) is 0 Å². The predicted molar refractivity (Wildman–Crippen MR) is 140 cm³/mol. The zero-order valence-electron chi connectivity index (χ0n) is 20.1. The number of halogens is 1. The van der Waals surface area contributed by atoms with Crippen LogP contribution in [-0.2, 0) is 7.05 Å². The standard InChI is InChI=1S/C27H23ClN4O4/c1-13-9-18(15(3)29-21-7-8-22(28)30-23(21)27(34)35)26-19(10-13)24(33)14(2)25(36-26)16-5-6-20-17(11-16)12-32(4)31-20/h5-12,15,29H,1-4H3,(H,34,35)/t15-/m1/s1. The molecular weight excluding hydrogens is 480 g/mol. The zero-order valence-corrected chi connectivity index (χ0v) is 20.8. The molecule has 2 aromatic carbocycles. The minimum absolute atomic E-state index is 0.0864. The molecule has 3 aromatic heterocycles. The monoisotopic (exact) mass is 502 g/mol. The van der Waals surface area contributed by atoms with Crippen molar-refractivity contribution in [2.45, 2.75) is 26.8 Å². The summed E-state index contributed by atoms with van der Waals surface area (Å²) < 4.78 is 8.18. The molecule has 5 rings (SSSR count). The van der Waals surface area contributed by atoms with Crippen molar-refractivity contribution in [3.05, 3.63) is 86.4 Å². The molecule has 0 saturated heterocycles. The third-order valence-corrected chi connectivity index (χ3v) is 6.39. The van der Waals surface area contributed by atoms with Crippen molar-refractivity contribution in [2.24, 2.45) is 7.05 Å². The van der Waals surface area contributed by atoms with Crippen LogP contribution in [0.5, 0.6) is 0 Å². The number of nitrogens with zero attached hydrogens (tertiary/aromatic N) is 3. The summed E-state index contributed by atoms with van der Waals surface area (Å²) in [4.78, 5) is 29.1. The topological polar surface area (TPSA) is 110 Å². The van der Waals surface area contributed by atoms with Crippen LogP contribution in [0.2, 0.25) is 5.15 Å². The van der Waals surface area contributed by atoms with Crippen LogP contribution in [0.3, 0.4) is 0 Å². The van der Waals surface area contributed by atoms with Gasteiger partial charge >= 0.3 is 5.97 Å². The average Bonchev–Trinajstić information content (AvgIpc) is 3.21. The van der Waals surface area contributed by atoms with E-state index in [1.165, 1.54) is 6.07 Å². The fraction of sp³-hybridized carbons (Fsp3) is 0.185. The third kappa shape index (κ3) is 4.09. The summed E-state index contributed by atoms with van der Waals surface area (Å²) in [6.45, 7) is 5.53. The lowest BCUT2D eigenvalue weighted by Gasteiger charge is -2.19. The molecule has 36 heavy (non-hydrogen) atoms. The normalized spacial score (nSPS) is 12.2. The van der Waals surface area contributed by atoms with E-state index in [0.29, 0.717) is 28.0 Å². The summed E-state index contributed by atoms with van der Waals surface area (Å²) in [6.07, 6.45) is 1.91. The Balaban J connectivity index is 1.67. The molecule has 0 spiro atoms. The van der Waals surface area contributed by atoms with Crippen molar-refractivity contribution in [3.63, 3.8) is 0 Å². The Morgan fingerprint density at radius 2 is 1.94 bits per heavy atom. The van der Waals surface area contributed by atoms with Crippen molar-refractivity contribution in [1.82, 2.24) is 14.8 Å². The Kier molecular flexibility index (Phi) is 5.76. The molecule has 0 aliphatic carbocycles. The van der Waals surface area contributed by atoms with Crippen molar-refractivity contribution >= 4 is 45.1 Å². The van der Waals surface area contributed by atoms with Gasteiger partial charge in [0.1, 0.15) is 16.5 Å². The number of aromatic nitrogens is 3. The maximum Gasteiger partial charge on any atom is 0.356 e. The average molecular weight is 503 g/mol. The van der Waals surface area contributed by atoms with Crippen LogP contribution in [-0.4, -0.2) is 25.8 Å². The van der Waals surface area contributed by atoms with E-state index in [1.54, 1.807) is 17.7 Å². The van der Waals surface area contributed by atoms with Crippen molar-refractivity contribution in [2.75, 3.05) is 5.32 Å². The number of aryl methyl sites for hydroxylation is 2. The van der Waals surface area contributed by atoms with Gasteiger partial charge in [-0.3, -0.25) is 9.48 Å². The number of fused-ring (bicyclic) bond motifs is 2. The number of carboxylic acids is 1. The number of hydrogen-bond donors (Lipinski definition) is 2. The lowest BCUT2D eigenvalue weighted by molar-refractivity contribution is 0.0691. The molecule has 0 radical (unpaired) electrons. The highest BCUT2D eigenvalue weighted by atomic mass is 35.5. The molecule has 8 nitrogen and oxygen atoms in total. The predicted octanol–water partition coefficient (Wildman–Crippen LogP) is 5.88. The van der Waals surface area contributed by atoms with E-state index in [2.05, 4.69) is 15.4 Å². The zero-order chi connectivity index (χ0) is 25.7. The van der Waals surface area contributed by atoms with Crippen LogP contribution in [0.1, 0.15) is 40.1 Å². The van der Waals surface area contributed by atoms with Gasteiger partial charge in [-0.15, -0.1) is 0 Å². The molecule has 0 unspecified atom stereocenters. The molecule has 9 heteroatoms. The molecule has 0 saturated carbocycles. The van der Waals surface area contributed by atoms with Crippen LogP contribution >= 0.6 is 11.6 Å². The van der Waals surface area contributed by atoms with Gasteiger partial charge in [0.05, 0.1) is 22.6 Å². The number of benzene rings is 2. The summed E-state index contributed by atoms with van der Waals surface area (Å²) in [5.74, 6) is -0.716. The van der Waals surface area contributed by atoms with Crippen molar-refractivity contribution < 1.29 is 14.3 Å². The fourth-order valence-electron chi connectivity index (χ4n) is 4.48. The molecule has 5 aromatic rings. The van der Waals surface area contributed by atoms with Gasteiger partial charge in [0, 0.05) is 35.3 Å². The maximum absolute atomic E-state index is 13.5. The van der Waals surface area contributed by atoms with Gasteiger partial charge in [0.25, 0.3) is 0 Å². The maximum atomic E-state index is 13.5. The number of aromatic carboxylic acids is 1. The van der Waals surface area contributed by atoms with Crippen molar-refractivity contribution in [3.8, 4) is 11.3 Å². The van der Waals surface area contributed by atoms with E-state index in [4.69, 9.17) is 16.0 Å². The van der Waals surface area contributed by atoms with Gasteiger partial charge in [0.15, 0.2) is 11.1 Å². The van der Waals surface area contributed by atoms with Crippen LogP contribution in [0, 0.1) is 13.8 Å². The summed E-state index contributed by atoms with van der Waals surface area (Å²) in [5, 5.41) is 18.7. The second-order valence-corrected chi connectivity index (χ2v) is 9.28. The number of nitrogens with one attached hydrogen (secondary N) is 1. The SMILES string of the molecule is Cc1cc([C@@H](C)Nc2ccc(Cl)nc2C(=O)O)c2oc(-c3ccc4nn(C)cc4c3)c(C)c(=O)c2c1. The van der Waals surface area contributed by atoms with E-state index in [1.807, 2.05) is 57.4 Å². The number of pyridine rings is 1. The molecule has 0 bridgehead atoms. The Morgan fingerprint density at radius 1 is 1.17 bits per heavy atom. The van der Waals surface area contributed by atoms with Gasteiger partial charge in [-0.1, -0.05) is 17.7 Å². The van der Waals surface area contributed by atoms with E-state index >= 15 is 0 Å². The fourth-order valence-corrected chi connectivity index (χ4v) is 4.63. The van der Waals surface area contributed by atoms with Gasteiger partial charge in [0.2, 0.25) is 0 Å². The van der Waals surface area contributed by atoms with Crippen LogP contribution in [0.15, 0.2) is 57.9 Å². The molecule has 182 valence electrons. The first kappa shape index (κ1) is 23.6. The van der Waals surface area contributed by atoms with Gasteiger partial charge in [-0.2, -0.15) is 5.10 Å². The van der Waals surface area contributed by atoms with E-state index in [-0.39, 0.29) is 16.3 Å². The highest BCUT2D eigenvalue weighted by molar-refractivity contribution is 6.29. The molecule has 0 amide bonds. The lowest BCUT2D eigenvalue weighted by atomic mass is 9.98. The Morgan fingerprint density at radius 3 is 2.69 bits per heavy atom. The number of rotatable bonds is 5. The summed E-state index contributed by atoms with van der Waals surface area (Å²) in [5.41, 5.74) is 4.19. The largest absolute Gasteiger partial charge is 0.476 e. The lowest BCUT2D eigenvalue weighted by Crippen LogP contribution is -2.14. The van der Waals surface area contributed by atoms with E-state index < -0.39 is 12.0 Å². The molecular formula is C27H23ClN4O4. The minimum Gasteiger partial charge on any atom is -0.476 e. The molecule has 1 atom stereocenters. The van der Waals surface area contributed by atoms with E-state index in [9.17, 15) is 14.7 Å². The Bertz CT molecular complexity index is 1740. The highest BCUT2D eigenvalue weighted by Crippen LogP contribution is 2.33. The highest BCUT2D eigenvalue weighted by Gasteiger charge is 2.21. The Hall–Kier alpha value is -4.17. The number of anilines is 1. The molecule has 3 heterocycles. The van der Waals surface area contributed by atoms with Gasteiger partial charge in [-0.05, 0) is 62.7 Å². The van der Waals surface area contributed by atoms with Crippen LogP contribution in [0.25, 0.3) is 33.2 Å². The van der Waals surface area contributed by atoms with Crippen LogP contribution in [0.4, 0.5) is 5.69 Å². The second kappa shape index (κ2) is 8.80. The number of carboxylic acid groups (broad SMARTS) is 1. The molecule has 2 N–H and O–H groups in total. The summed E-state index contributed by atoms with van der Waals surface area (Å²) in [6, 6.07) is 12.2. The smallest absolute Gasteiger partial charge is 0.356 e. The molecule has 0 fully saturated rings.